The van der Waals surface area contributed by atoms with Gasteiger partial charge in [-0.3, -0.25) is 19.3 Å². The first-order valence-corrected chi connectivity index (χ1v) is 3.29. The Labute approximate surface area is 151 Å². The fourth-order valence-corrected chi connectivity index (χ4v) is 0.742. The summed E-state index contributed by atoms with van der Waals surface area (Å²) in [6.07, 6.45) is 0. The molecule has 0 spiro atoms. The summed E-state index contributed by atoms with van der Waals surface area (Å²) in [6.45, 7) is -1.80. The zero-order chi connectivity index (χ0) is 10.4. The van der Waals surface area contributed by atoms with E-state index in [0.29, 0.717) is 0 Å². The minimum atomic E-state index is -1.26. The van der Waals surface area contributed by atoms with Crippen LogP contribution in [-0.2, 0) is 14.4 Å². The topological polar surface area (TPSA) is 115 Å². The first-order chi connectivity index (χ1) is 5.91. The second kappa shape index (κ2) is 11.5. The van der Waals surface area contributed by atoms with Crippen LogP contribution in [0.15, 0.2) is 0 Å². The van der Waals surface area contributed by atoms with Crippen LogP contribution in [0.2, 0.25) is 0 Å². The third-order valence-electron chi connectivity index (χ3n) is 1.08. The summed E-state index contributed by atoms with van der Waals surface area (Å²) in [7, 11) is 0. The zero-order valence-electron chi connectivity index (χ0n) is 6.63. The first-order valence-electron chi connectivity index (χ1n) is 3.29. The summed E-state index contributed by atoms with van der Waals surface area (Å²) < 4.78 is 0. The Morgan fingerprint density at radius 1 is 0.800 bits per heavy atom. The van der Waals surface area contributed by atoms with Gasteiger partial charge in [0.2, 0.25) is 0 Å². The molecular formula is C6H11KNNaO6. The molecule has 0 aromatic heterocycles. The van der Waals surface area contributed by atoms with Gasteiger partial charge >= 0.3 is 98.8 Å². The number of rotatable bonds is 6. The number of aliphatic carboxylic acids is 3. The molecule has 0 amide bonds. The number of carbonyl (C=O) groups is 3. The third kappa shape index (κ3) is 15.0. The molecule has 0 rings (SSSR count). The van der Waals surface area contributed by atoms with Gasteiger partial charge in [0.1, 0.15) is 0 Å². The van der Waals surface area contributed by atoms with E-state index < -0.39 is 37.5 Å². The van der Waals surface area contributed by atoms with Crippen molar-refractivity contribution in [3.05, 3.63) is 0 Å². The molecule has 0 fully saturated rings. The Hall–Kier alpha value is 1.01. The quantitative estimate of drug-likeness (QED) is 0.440. The first kappa shape index (κ1) is 21.3. The summed E-state index contributed by atoms with van der Waals surface area (Å²) in [5.74, 6) is -3.78. The number of hydrogen-bond donors (Lipinski definition) is 3. The molecule has 3 N–H and O–H groups in total. The Kier molecular flexibility index (Phi) is 16.3. The molecule has 0 heterocycles. The van der Waals surface area contributed by atoms with Gasteiger partial charge in [-0.15, -0.1) is 0 Å². The van der Waals surface area contributed by atoms with Crippen molar-refractivity contribution in [1.82, 2.24) is 4.90 Å². The molecule has 0 atom stereocenters. The van der Waals surface area contributed by atoms with Gasteiger partial charge in [0, 0.05) is 0 Å². The Balaban J connectivity index is -0.000000720. The molecule has 0 aliphatic carbocycles. The number of carboxylic acids is 3. The molecular weight excluding hydrogens is 244 g/mol. The van der Waals surface area contributed by atoms with Crippen LogP contribution in [0.3, 0.4) is 0 Å². The van der Waals surface area contributed by atoms with Gasteiger partial charge in [-0.1, -0.05) is 0 Å². The second-order valence-corrected chi connectivity index (χ2v) is 2.33. The van der Waals surface area contributed by atoms with E-state index in [1.165, 1.54) is 0 Å². The monoisotopic (exact) mass is 255 g/mol. The second-order valence-electron chi connectivity index (χ2n) is 2.33. The predicted octanol–water partition coefficient (Wildman–Crippen LogP) is -2.75. The van der Waals surface area contributed by atoms with Gasteiger partial charge in [-0.25, -0.2) is 0 Å². The number of nitrogens with zero attached hydrogens (tertiary/aromatic N) is 1. The van der Waals surface area contributed by atoms with Crippen LogP contribution in [0.4, 0.5) is 0 Å². The molecule has 78 valence electrons. The molecule has 0 saturated carbocycles. The van der Waals surface area contributed by atoms with Crippen molar-refractivity contribution in [2.24, 2.45) is 0 Å². The summed E-state index contributed by atoms with van der Waals surface area (Å²) in [6, 6.07) is 0. The normalized spacial score (nSPS) is 8.60. The van der Waals surface area contributed by atoms with E-state index in [-0.39, 0.29) is 80.9 Å². The maximum absolute atomic E-state index is 10.1. The van der Waals surface area contributed by atoms with Crippen molar-refractivity contribution in [3.63, 3.8) is 0 Å². The average Bonchev–Trinajstić information content (AvgIpc) is 1.80. The van der Waals surface area contributed by atoms with Crippen molar-refractivity contribution >= 4 is 98.8 Å². The minimum absolute atomic E-state index is 0. The molecule has 0 bridgehead atoms. The van der Waals surface area contributed by atoms with Crippen LogP contribution in [0.25, 0.3) is 0 Å². The van der Waals surface area contributed by atoms with Crippen LogP contribution >= 0.6 is 0 Å². The fraction of sp³-hybridized carbons (Fsp3) is 0.500. The van der Waals surface area contributed by atoms with Gasteiger partial charge in [0.15, 0.2) is 0 Å². The molecule has 0 aromatic carbocycles. The Morgan fingerprint density at radius 3 is 1.13 bits per heavy atom. The molecule has 0 unspecified atom stereocenters. The number of carboxylic acid groups (broad SMARTS) is 3. The SMILES string of the molecule is O=C(O)CN(CC(=O)O)CC(=O)O.[KH].[NaH]. The van der Waals surface area contributed by atoms with Crippen molar-refractivity contribution in [2.45, 2.75) is 0 Å². The number of hydrogen-bond acceptors (Lipinski definition) is 4. The van der Waals surface area contributed by atoms with Crippen molar-refractivity contribution in [2.75, 3.05) is 19.6 Å². The van der Waals surface area contributed by atoms with Crippen LogP contribution in [0, 0.1) is 0 Å². The van der Waals surface area contributed by atoms with E-state index in [1.54, 1.807) is 0 Å². The van der Waals surface area contributed by atoms with Crippen LogP contribution < -0.4 is 0 Å². The van der Waals surface area contributed by atoms with Gasteiger partial charge in [-0.2, -0.15) is 0 Å². The van der Waals surface area contributed by atoms with Crippen LogP contribution in [0.1, 0.15) is 0 Å². The third-order valence-corrected chi connectivity index (χ3v) is 1.08. The standard InChI is InChI=1S/C6H9NO6.K.Na.2H/c8-4(9)1-7(2-5(10)11)3-6(12)13;;;;/h1-3H2,(H,8,9)(H,10,11)(H,12,13);;;;. The van der Waals surface area contributed by atoms with Crippen molar-refractivity contribution in [1.29, 1.82) is 0 Å². The fourth-order valence-electron chi connectivity index (χ4n) is 0.742. The Morgan fingerprint density at radius 2 is 1.00 bits per heavy atom. The van der Waals surface area contributed by atoms with E-state index in [0.717, 1.165) is 4.90 Å². The van der Waals surface area contributed by atoms with Gasteiger partial charge in [0.25, 0.3) is 0 Å². The zero-order valence-corrected chi connectivity index (χ0v) is 6.63. The van der Waals surface area contributed by atoms with E-state index in [1.807, 2.05) is 0 Å². The molecule has 0 aromatic rings. The molecule has 7 nitrogen and oxygen atoms in total. The summed E-state index contributed by atoms with van der Waals surface area (Å²) in [5, 5.41) is 24.8. The van der Waals surface area contributed by atoms with E-state index >= 15 is 0 Å². The van der Waals surface area contributed by atoms with Gasteiger partial charge in [-0.05, 0) is 0 Å². The van der Waals surface area contributed by atoms with E-state index in [4.69, 9.17) is 15.3 Å². The molecule has 0 radical (unpaired) electrons. The Bertz CT molecular complexity index is 198. The molecule has 15 heavy (non-hydrogen) atoms. The summed E-state index contributed by atoms with van der Waals surface area (Å²) in [4.78, 5) is 31.2. The van der Waals surface area contributed by atoms with Gasteiger partial charge in [0.05, 0.1) is 19.6 Å². The average molecular weight is 255 g/mol. The molecule has 0 saturated heterocycles. The van der Waals surface area contributed by atoms with E-state index in [2.05, 4.69) is 0 Å². The summed E-state index contributed by atoms with van der Waals surface area (Å²) >= 11 is 0. The van der Waals surface area contributed by atoms with E-state index in [9.17, 15) is 14.4 Å². The maximum atomic E-state index is 10.1. The van der Waals surface area contributed by atoms with Crippen LogP contribution in [-0.4, -0.2) is 139 Å². The molecule has 0 aliphatic heterocycles. The predicted molar refractivity (Wildman–Crippen MR) is 53.6 cm³/mol. The summed E-state index contributed by atoms with van der Waals surface area (Å²) in [5.41, 5.74) is 0. The molecule has 0 aliphatic rings. The van der Waals surface area contributed by atoms with Crippen molar-refractivity contribution in [3.8, 4) is 0 Å². The van der Waals surface area contributed by atoms with Crippen LogP contribution in [0.5, 0.6) is 0 Å². The molecule has 9 heteroatoms. The van der Waals surface area contributed by atoms with Crippen molar-refractivity contribution < 1.29 is 29.7 Å². The van der Waals surface area contributed by atoms with Gasteiger partial charge < -0.3 is 15.3 Å².